The molecule has 2 aliphatic rings. The van der Waals surface area contributed by atoms with Crippen molar-refractivity contribution in [3.05, 3.63) is 11.6 Å². The minimum absolute atomic E-state index is 0.210. The molecule has 0 aromatic carbocycles. The maximum atomic E-state index is 11.8. The van der Waals surface area contributed by atoms with Crippen LogP contribution in [0.15, 0.2) is 11.6 Å². The fraction of sp³-hybridized carbons (Fsp3) is 0.769. The van der Waals surface area contributed by atoms with Gasteiger partial charge in [-0.1, -0.05) is 11.6 Å². The molecule has 1 atom stereocenters. The van der Waals surface area contributed by atoms with Gasteiger partial charge in [-0.15, -0.1) is 0 Å². The van der Waals surface area contributed by atoms with Crippen molar-refractivity contribution in [1.29, 1.82) is 0 Å². The molecule has 16 heavy (non-hydrogen) atoms. The van der Waals surface area contributed by atoms with Crippen molar-refractivity contribution in [2.24, 2.45) is 0 Å². The average Bonchev–Trinajstić information content (AvgIpc) is 2.31. The van der Waals surface area contributed by atoms with Crippen molar-refractivity contribution in [3.8, 4) is 0 Å². The normalized spacial score (nSPS) is 26.0. The Morgan fingerprint density at radius 1 is 1.44 bits per heavy atom. The van der Waals surface area contributed by atoms with E-state index in [2.05, 4.69) is 16.7 Å². The number of carbonyl (C=O) groups excluding carboxylic acids is 1. The number of amides is 1. The zero-order valence-corrected chi connectivity index (χ0v) is 9.93. The Morgan fingerprint density at radius 2 is 2.38 bits per heavy atom. The number of piperidine rings is 1. The van der Waals surface area contributed by atoms with Crippen molar-refractivity contribution in [2.45, 2.75) is 51.0 Å². The average molecular weight is 222 g/mol. The molecular formula is C13H22N2O. The van der Waals surface area contributed by atoms with Gasteiger partial charge in [-0.25, -0.2) is 0 Å². The third kappa shape index (κ3) is 3.63. The second-order valence-corrected chi connectivity index (χ2v) is 4.90. The molecule has 0 bridgehead atoms. The van der Waals surface area contributed by atoms with Crippen LogP contribution in [0.4, 0.5) is 0 Å². The summed E-state index contributed by atoms with van der Waals surface area (Å²) in [5.41, 5.74) is 1.34. The Hall–Kier alpha value is -0.830. The van der Waals surface area contributed by atoms with Gasteiger partial charge in [0.2, 0.25) is 5.91 Å². The Labute approximate surface area is 97.7 Å². The first-order valence-corrected chi connectivity index (χ1v) is 6.52. The Balaban J connectivity index is 1.72. The molecule has 2 N–H and O–H groups in total. The van der Waals surface area contributed by atoms with Gasteiger partial charge in [0.1, 0.15) is 0 Å². The van der Waals surface area contributed by atoms with E-state index in [0.717, 1.165) is 32.4 Å². The molecule has 0 radical (unpaired) electrons. The molecule has 0 unspecified atom stereocenters. The number of allylic oxidation sites excluding steroid dienone is 1. The van der Waals surface area contributed by atoms with E-state index in [0.29, 0.717) is 12.5 Å². The third-order valence-electron chi connectivity index (χ3n) is 3.43. The van der Waals surface area contributed by atoms with Crippen LogP contribution in [0.5, 0.6) is 0 Å². The monoisotopic (exact) mass is 222 g/mol. The highest BCUT2D eigenvalue weighted by Crippen LogP contribution is 2.19. The van der Waals surface area contributed by atoms with Crippen LogP contribution in [-0.4, -0.2) is 25.0 Å². The minimum atomic E-state index is 0.210. The summed E-state index contributed by atoms with van der Waals surface area (Å²) in [5, 5.41) is 6.44. The summed E-state index contributed by atoms with van der Waals surface area (Å²) in [6.45, 7) is 2.03. The summed E-state index contributed by atoms with van der Waals surface area (Å²) < 4.78 is 0. The molecule has 0 aromatic rings. The van der Waals surface area contributed by atoms with Gasteiger partial charge in [0.15, 0.2) is 0 Å². The minimum Gasteiger partial charge on any atom is -0.352 e. The predicted octanol–water partition coefficient (Wildman–Crippen LogP) is 1.75. The predicted molar refractivity (Wildman–Crippen MR) is 65.2 cm³/mol. The van der Waals surface area contributed by atoms with Crippen LogP contribution in [0.25, 0.3) is 0 Å². The number of carbonyl (C=O) groups is 1. The second kappa shape index (κ2) is 6.04. The summed E-state index contributed by atoms with van der Waals surface area (Å²) in [5.74, 6) is 0.210. The highest BCUT2D eigenvalue weighted by atomic mass is 16.1. The first-order chi connectivity index (χ1) is 7.84. The summed E-state index contributed by atoms with van der Waals surface area (Å²) in [6.07, 6.45) is 10.00. The van der Waals surface area contributed by atoms with E-state index in [9.17, 15) is 4.79 Å². The van der Waals surface area contributed by atoms with Crippen molar-refractivity contribution in [2.75, 3.05) is 13.1 Å². The fourth-order valence-corrected chi connectivity index (χ4v) is 2.53. The quantitative estimate of drug-likeness (QED) is 0.714. The van der Waals surface area contributed by atoms with E-state index in [1.165, 1.54) is 24.8 Å². The van der Waals surface area contributed by atoms with E-state index in [1.54, 1.807) is 0 Å². The molecule has 1 saturated heterocycles. The molecular weight excluding hydrogens is 200 g/mol. The molecule has 0 spiro atoms. The summed E-state index contributed by atoms with van der Waals surface area (Å²) >= 11 is 0. The Morgan fingerprint density at radius 3 is 3.06 bits per heavy atom. The van der Waals surface area contributed by atoms with Gasteiger partial charge in [-0.2, -0.15) is 0 Å². The fourth-order valence-electron chi connectivity index (χ4n) is 2.53. The van der Waals surface area contributed by atoms with Crippen LogP contribution in [0.2, 0.25) is 0 Å². The van der Waals surface area contributed by atoms with Crippen LogP contribution in [0, 0.1) is 0 Å². The summed E-state index contributed by atoms with van der Waals surface area (Å²) in [6, 6.07) is 0.352. The van der Waals surface area contributed by atoms with Gasteiger partial charge < -0.3 is 10.6 Å². The van der Waals surface area contributed by atoms with Crippen molar-refractivity contribution >= 4 is 5.91 Å². The highest BCUT2D eigenvalue weighted by Gasteiger charge is 2.16. The molecule has 1 amide bonds. The lowest BCUT2D eigenvalue weighted by Crippen LogP contribution is -2.45. The first-order valence-electron chi connectivity index (χ1n) is 6.52. The standard InChI is InChI=1S/C13H22N2O/c16-13(9-11-5-2-1-3-6-11)15-12-7-4-8-14-10-12/h5,12,14H,1-4,6-10H2,(H,15,16)/t12-/m0/s1. The summed E-state index contributed by atoms with van der Waals surface area (Å²) in [4.78, 5) is 11.8. The molecule has 1 aliphatic heterocycles. The van der Waals surface area contributed by atoms with Crippen LogP contribution in [0.3, 0.4) is 0 Å². The van der Waals surface area contributed by atoms with Crippen molar-refractivity contribution < 1.29 is 4.79 Å². The SMILES string of the molecule is O=C(CC1=CCCCC1)N[C@H]1CCCNC1. The molecule has 1 fully saturated rings. The smallest absolute Gasteiger partial charge is 0.224 e. The molecule has 0 saturated carbocycles. The number of rotatable bonds is 3. The summed E-state index contributed by atoms with van der Waals surface area (Å²) in [7, 11) is 0. The molecule has 90 valence electrons. The van der Waals surface area contributed by atoms with Gasteiger partial charge in [0.05, 0.1) is 0 Å². The van der Waals surface area contributed by atoms with Gasteiger partial charge in [-0.3, -0.25) is 4.79 Å². The van der Waals surface area contributed by atoms with Crippen molar-refractivity contribution in [3.63, 3.8) is 0 Å². The maximum Gasteiger partial charge on any atom is 0.224 e. The molecule has 1 aliphatic carbocycles. The Bertz CT molecular complexity index is 267. The largest absolute Gasteiger partial charge is 0.352 e. The molecule has 3 heteroatoms. The third-order valence-corrected chi connectivity index (χ3v) is 3.43. The lowest BCUT2D eigenvalue weighted by molar-refractivity contribution is -0.121. The van der Waals surface area contributed by atoms with Gasteiger partial charge in [-0.05, 0) is 45.1 Å². The van der Waals surface area contributed by atoms with Gasteiger partial charge in [0.25, 0.3) is 0 Å². The Kier molecular flexibility index (Phi) is 4.40. The molecule has 0 aromatic heterocycles. The van der Waals surface area contributed by atoms with Crippen molar-refractivity contribution in [1.82, 2.24) is 10.6 Å². The molecule has 1 heterocycles. The van der Waals surface area contributed by atoms with Crippen LogP contribution >= 0.6 is 0 Å². The van der Waals surface area contributed by atoms with Gasteiger partial charge >= 0.3 is 0 Å². The van der Waals surface area contributed by atoms with Crippen LogP contribution < -0.4 is 10.6 Å². The lowest BCUT2D eigenvalue weighted by atomic mass is 9.97. The van der Waals surface area contributed by atoms with E-state index >= 15 is 0 Å². The second-order valence-electron chi connectivity index (χ2n) is 4.90. The number of nitrogens with one attached hydrogen (secondary N) is 2. The lowest BCUT2D eigenvalue weighted by Gasteiger charge is -2.24. The first kappa shape index (κ1) is 11.6. The topological polar surface area (TPSA) is 41.1 Å². The number of hydrogen-bond acceptors (Lipinski definition) is 2. The molecule has 3 nitrogen and oxygen atoms in total. The van der Waals surface area contributed by atoms with E-state index in [1.807, 2.05) is 0 Å². The molecule has 2 rings (SSSR count). The zero-order chi connectivity index (χ0) is 11.2. The van der Waals surface area contributed by atoms with Crippen LogP contribution in [0.1, 0.15) is 44.9 Å². The van der Waals surface area contributed by atoms with E-state index in [4.69, 9.17) is 0 Å². The van der Waals surface area contributed by atoms with Gasteiger partial charge in [0, 0.05) is 19.0 Å². The van der Waals surface area contributed by atoms with E-state index < -0.39 is 0 Å². The highest BCUT2D eigenvalue weighted by molar-refractivity contribution is 5.78. The maximum absolute atomic E-state index is 11.8. The zero-order valence-electron chi connectivity index (χ0n) is 9.93. The number of hydrogen-bond donors (Lipinski definition) is 2. The van der Waals surface area contributed by atoms with Crippen LogP contribution in [-0.2, 0) is 4.79 Å². The van der Waals surface area contributed by atoms with E-state index in [-0.39, 0.29) is 5.91 Å².